The van der Waals surface area contributed by atoms with Crippen molar-refractivity contribution in [2.24, 2.45) is 4.40 Å². The molecule has 2 heterocycles. The van der Waals surface area contributed by atoms with Crippen LogP contribution in [0.2, 0.25) is 0 Å². The first-order valence-electron chi connectivity index (χ1n) is 9.02. The maximum Gasteiger partial charge on any atom is 0.285 e. The van der Waals surface area contributed by atoms with E-state index in [1.165, 1.54) is 6.07 Å². The number of hydrogen-bond acceptors (Lipinski definition) is 5. The second kappa shape index (κ2) is 7.84. The van der Waals surface area contributed by atoms with Crippen LogP contribution in [0.25, 0.3) is 0 Å². The van der Waals surface area contributed by atoms with E-state index in [4.69, 9.17) is 0 Å². The third-order valence-corrected chi connectivity index (χ3v) is 5.77. The summed E-state index contributed by atoms with van der Waals surface area (Å²) >= 11 is 0. The van der Waals surface area contributed by atoms with Crippen LogP contribution in [0.5, 0.6) is 0 Å². The summed E-state index contributed by atoms with van der Waals surface area (Å²) in [7, 11) is -3.67. The summed E-state index contributed by atoms with van der Waals surface area (Å²) in [5.74, 6) is 0.0896. The van der Waals surface area contributed by atoms with Gasteiger partial charge in [0.15, 0.2) is 5.84 Å². The number of hydrogen-bond donors (Lipinski definition) is 2. The predicted molar refractivity (Wildman–Crippen MR) is 111 cm³/mol. The molecule has 1 aromatic heterocycles. The number of fused-ring (bicyclic) bond motifs is 1. The lowest BCUT2D eigenvalue weighted by atomic mass is 10.1. The van der Waals surface area contributed by atoms with Crippen LogP contribution in [0.4, 0.5) is 5.69 Å². The van der Waals surface area contributed by atoms with E-state index >= 15 is 0 Å². The fourth-order valence-electron chi connectivity index (χ4n) is 2.99. The number of nitrogens with one attached hydrogen (secondary N) is 2. The number of anilines is 1. The van der Waals surface area contributed by atoms with Crippen molar-refractivity contribution < 1.29 is 13.2 Å². The first-order valence-corrected chi connectivity index (χ1v) is 10.5. The van der Waals surface area contributed by atoms with Gasteiger partial charge in [0.05, 0.1) is 0 Å². The van der Waals surface area contributed by atoms with Crippen molar-refractivity contribution in [2.75, 3.05) is 11.9 Å². The largest absolute Gasteiger partial charge is 0.352 e. The molecule has 3 aromatic rings. The summed E-state index contributed by atoms with van der Waals surface area (Å²) in [6.45, 7) is 0.487. The molecule has 0 bridgehead atoms. The van der Waals surface area contributed by atoms with Crippen LogP contribution in [0, 0.1) is 0 Å². The van der Waals surface area contributed by atoms with Crippen LogP contribution in [-0.2, 0) is 16.4 Å². The van der Waals surface area contributed by atoms with Crippen LogP contribution in [-0.4, -0.2) is 31.7 Å². The van der Waals surface area contributed by atoms with Crippen molar-refractivity contribution in [3.63, 3.8) is 0 Å². The van der Waals surface area contributed by atoms with Gasteiger partial charge in [-0.3, -0.25) is 9.78 Å². The smallest absolute Gasteiger partial charge is 0.285 e. The van der Waals surface area contributed by atoms with Crippen molar-refractivity contribution in [2.45, 2.75) is 11.3 Å². The number of carbonyl (C=O) groups is 1. The van der Waals surface area contributed by atoms with Crippen molar-refractivity contribution in [3.05, 3.63) is 89.7 Å². The molecule has 0 unspecified atom stereocenters. The number of amidine groups is 1. The Kier molecular flexibility index (Phi) is 5.09. The van der Waals surface area contributed by atoms with E-state index in [-0.39, 0.29) is 16.6 Å². The van der Waals surface area contributed by atoms with E-state index in [9.17, 15) is 13.2 Å². The summed E-state index contributed by atoms with van der Waals surface area (Å²) in [6, 6.07) is 19.1. The number of aromatic nitrogens is 1. The van der Waals surface area contributed by atoms with Gasteiger partial charge in [-0.15, -0.1) is 4.40 Å². The van der Waals surface area contributed by atoms with E-state index < -0.39 is 10.0 Å². The second-order valence-electron chi connectivity index (χ2n) is 6.44. The highest BCUT2D eigenvalue weighted by atomic mass is 32.2. The molecule has 0 saturated heterocycles. The maximum atomic E-state index is 12.3. The minimum Gasteiger partial charge on any atom is -0.352 e. The van der Waals surface area contributed by atoms with E-state index in [1.807, 2.05) is 18.2 Å². The number of amides is 1. The lowest BCUT2D eigenvalue weighted by Gasteiger charge is -2.08. The Morgan fingerprint density at radius 3 is 2.45 bits per heavy atom. The Balaban J connectivity index is 1.39. The molecule has 7 nitrogen and oxygen atoms in total. The van der Waals surface area contributed by atoms with Crippen LogP contribution in [0.15, 0.2) is 82.2 Å². The first-order chi connectivity index (χ1) is 14.0. The van der Waals surface area contributed by atoms with Gasteiger partial charge in [0.2, 0.25) is 0 Å². The quantitative estimate of drug-likeness (QED) is 0.678. The van der Waals surface area contributed by atoms with Crippen molar-refractivity contribution in [3.8, 4) is 0 Å². The molecule has 0 atom stereocenters. The molecule has 4 rings (SSSR count). The fourth-order valence-corrected chi connectivity index (χ4v) is 4.17. The van der Waals surface area contributed by atoms with E-state index in [1.54, 1.807) is 48.7 Å². The lowest BCUT2D eigenvalue weighted by molar-refractivity contribution is 0.0954. The number of carbonyl (C=O) groups excluding carboxylic acids is 1. The molecule has 0 saturated carbocycles. The zero-order valence-corrected chi connectivity index (χ0v) is 16.2. The van der Waals surface area contributed by atoms with Crippen molar-refractivity contribution in [1.29, 1.82) is 0 Å². The molecule has 2 N–H and O–H groups in total. The van der Waals surface area contributed by atoms with Gasteiger partial charge < -0.3 is 10.6 Å². The molecule has 0 spiro atoms. The molecule has 1 aliphatic heterocycles. The van der Waals surface area contributed by atoms with Crippen LogP contribution >= 0.6 is 0 Å². The molecule has 0 radical (unpaired) electrons. The number of nitrogens with zero attached hydrogens (tertiary/aromatic N) is 2. The van der Waals surface area contributed by atoms with Gasteiger partial charge >= 0.3 is 0 Å². The Morgan fingerprint density at radius 1 is 0.931 bits per heavy atom. The summed E-state index contributed by atoms with van der Waals surface area (Å²) in [6.07, 6.45) is 2.38. The number of rotatable bonds is 5. The van der Waals surface area contributed by atoms with Gasteiger partial charge in [0.25, 0.3) is 15.9 Å². The number of pyridine rings is 1. The Morgan fingerprint density at radius 2 is 1.69 bits per heavy atom. The van der Waals surface area contributed by atoms with Crippen molar-refractivity contribution in [1.82, 2.24) is 10.3 Å². The third-order valence-electron chi connectivity index (χ3n) is 4.43. The average Bonchev–Trinajstić information content (AvgIpc) is 2.99. The van der Waals surface area contributed by atoms with E-state index in [0.717, 1.165) is 5.69 Å². The Labute approximate surface area is 168 Å². The minimum atomic E-state index is -3.67. The van der Waals surface area contributed by atoms with Crippen LogP contribution < -0.4 is 10.6 Å². The number of benzene rings is 2. The van der Waals surface area contributed by atoms with Gasteiger partial charge in [-0.1, -0.05) is 18.2 Å². The SMILES string of the molecule is O=C(NCCc1ccccn1)c1ccc(NC2=NS(=O)(=O)c3ccccc32)cc1. The Bertz CT molecular complexity index is 1170. The molecule has 2 aromatic carbocycles. The van der Waals surface area contributed by atoms with Gasteiger partial charge in [0, 0.05) is 41.7 Å². The molecule has 1 amide bonds. The van der Waals surface area contributed by atoms with E-state index in [2.05, 4.69) is 20.0 Å². The zero-order valence-electron chi connectivity index (χ0n) is 15.4. The zero-order chi connectivity index (χ0) is 20.3. The van der Waals surface area contributed by atoms with Gasteiger partial charge in [-0.25, -0.2) is 0 Å². The average molecular weight is 406 g/mol. The highest BCUT2D eigenvalue weighted by Crippen LogP contribution is 2.26. The molecular weight excluding hydrogens is 388 g/mol. The lowest BCUT2D eigenvalue weighted by Crippen LogP contribution is -2.25. The molecule has 0 aliphatic carbocycles. The highest BCUT2D eigenvalue weighted by molar-refractivity contribution is 7.90. The fraction of sp³-hybridized carbons (Fsp3) is 0.0952. The van der Waals surface area contributed by atoms with Gasteiger partial charge in [-0.05, 0) is 48.5 Å². The maximum absolute atomic E-state index is 12.3. The molecular formula is C21H18N4O3S. The summed E-state index contributed by atoms with van der Waals surface area (Å²) in [5.41, 5.74) is 2.60. The summed E-state index contributed by atoms with van der Waals surface area (Å²) in [5, 5.41) is 5.88. The molecule has 146 valence electrons. The summed E-state index contributed by atoms with van der Waals surface area (Å²) in [4.78, 5) is 16.7. The minimum absolute atomic E-state index is 0.182. The second-order valence-corrected chi connectivity index (χ2v) is 8.01. The molecule has 8 heteroatoms. The summed E-state index contributed by atoms with van der Waals surface area (Å²) < 4.78 is 28.0. The van der Waals surface area contributed by atoms with Crippen molar-refractivity contribution >= 4 is 27.5 Å². The van der Waals surface area contributed by atoms with Gasteiger partial charge in [0.1, 0.15) is 4.90 Å². The molecule has 29 heavy (non-hydrogen) atoms. The third kappa shape index (κ3) is 4.17. The number of sulfonamides is 1. The first kappa shape index (κ1) is 18.8. The normalized spacial score (nSPS) is 14.0. The predicted octanol–water partition coefficient (Wildman–Crippen LogP) is 2.62. The molecule has 1 aliphatic rings. The monoisotopic (exact) mass is 406 g/mol. The topological polar surface area (TPSA) is 101 Å². The molecule has 0 fully saturated rings. The highest BCUT2D eigenvalue weighted by Gasteiger charge is 2.28. The van der Waals surface area contributed by atoms with Crippen LogP contribution in [0.1, 0.15) is 21.6 Å². The van der Waals surface area contributed by atoms with E-state index in [0.29, 0.717) is 29.8 Å². The standard InChI is InChI=1S/C21H18N4O3S/c26-21(23-14-12-16-5-3-4-13-22-16)15-8-10-17(11-9-15)24-20-18-6-1-2-7-19(18)29(27,28)25-20/h1-11,13H,12,14H2,(H,23,26)(H,24,25). The van der Waals surface area contributed by atoms with Crippen LogP contribution in [0.3, 0.4) is 0 Å². The Hall–Kier alpha value is -3.52. The van der Waals surface area contributed by atoms with Gasteiger partial charge in [-0.2, -0.15) is 8.42 Å².